The Labute approximate surface area is 154 Å². The Bertz CT molecular complexity index is 932. The Kier molecular flexibility index (Phi) is 5.56. The van der Waals surface area contributed by atoms with Crippen molar-refractivity contribution in [2.75, 3.05) is 6.26 Å². The van der Waals surface area contributed by atoms with Crippen LogP contribution in [0.1, 0.15) is 11.1 Å². The summed E-state index contributed by atoms with van der Waals surface area (Å²) in [7, 11) is 0. The van der Waals surface area contributed by atoms with Gasteiger partial charge < -0.3 is 4.74 Å². The van der Waals surface area contributed by atoms with Gasteiger partial charge in [-0.1, -0.05) is 35.9 Å². The summed E-state index contributed by atoms with van der Waals surface area (Å²) in [5.74, 6) is -0.937. The molecule has 25 heavy (non-hydrogen) atoms. The predicted molar refractivity (Wildman–Crippen MR) is 98.4 cm³/mol. The molecule has 0 aliphatic carbocycles. The zero-order chi connectivity index (χ0) is 17.8. The first kappa shape index (κ1) is 17.7. The van der Waals surface area contributed by atoms with Crippen LogP contribution in [0.3, 0.4) is 0 Å². The van der Waals surface area contributed by atoms with Crippen LogP contribution in [-0.4, -0.2) is 17.2 Å². The predicted octanol–water partition coefficient (Wildman–Crippen LogP) is 5.04. The van der Waals surface area contributed by atoms with Gasteiger partial charge in [0.2, 0.25) is 0 Å². The van der Waals surface area contributed by atoms with Gasteiger partial charge in [0, 0.05) is 15.8 Å². The van der Waals surface area contributed by atoms with Gasteiger partial charge in [0.15, 0.2) is 0 Å². The third-order valence-corrected chi connectivity index (χ3v) is 4.78. The lowest BCUT2D eigenvalue weighted by Crippen LogP contribution is -2.09. The molecule has 0 fully saturated rings. The molecule has 0 bridgehead atoms. The highest BCUT2D eigenvalue weighted by atomic mass is 35.5. The summed E-state index contributed by atoms with van der Waals surface area (Å²) in [5.41, 5.74) is 1.71. The summed E-state index contributed by atoms with van der Waals surface area (Å²) >= 11 is 7.83. The average Bonchev–Trinajstić information content (AvgIpc) is 2.61. The van der Waals surface area contributed by atoms with Crippen LogP contribution in [0.25, 0.3) is 10.9 Å². The highest BCUT2D eigenvalue weighted by Crippen LogP contribution is 2.25. The van der Waals surface area contributed by atoms with Gasteiger partial charge in [0.05, 0.1) is 11.9 Å². The number of fused-ring (bicyclic) bond motifs is 1. The first-order chi connectivity index (χ1) is 12.1. The summed E-state index contributed by atoms with van der Waals surface area (Å²) in [4.78, 5) is 17.4. The van der Waals surface area contributed by atoms with Gasteiger partial charge in [-0.3, -0.25) is 4.79 Å². The fourth-order valence-corrected chi connectivity index (χ4v) is 3.04. The third kappa shape index (κ3) is 4.30. The lowest BCUT2D eigenvalue weighted by atomic mass is 10.1. The number of hydrogen-bond acceptors (Lipinski definition) is 4. The van der Waals surface area contributed by atoms with E-state index in [2.05, 4.69) is 4.98 Å². The number of nitrogens with zero attached hydrogens (tertiary/aromatic N) is 1. The fraction of sp³-hybridized carbons (Fsp3) is 0.158. The van der Waals surface area contributed by atoms with Crippen LogP contribution in [-0.2, 0) is 22.6 Å². The van der Waals surface area contributed by atoms with Crippen LogP contribution < -0.4 is 0 Å². The molecule has 128 valence electrons. The number of pyridine rings is 1. The van der Waals surface area contributed by atoms with Crippen molar-refractivity contribution in [1.82, 2.24) is 4.98 Å². The second-order valence-electron chi connectivity index (χ2n) is 5.43. The molecular formula is C19H15ClFNO2S. The molecule has 1 heterocycles. The Morgan fingerprint density at radius 2 is 2.00 bits per heavy atom. The van der Waals surface area contributed by atoms with Crippen molar-refractivity contribution in [2.45, 2.75) is 17.9 Å². The number of ether oxygens (including phenoxy) is 1. The van der Waals surface area contributed by atoms with Gasteiger partial charge in [-0.25, -0.2) is 9.37 Å². The number of thioether (sulfide) groups is 1. The van der Waals surface area contributed by atoms with Crippen molar-refractivity contribution in [3.05, 3.63) is 70.6 Å². The van der Waals surface area contributed by atoms with E-state index in [1.807, 2.05) is 30.5 Å². The maximum absolute atomic E-state index is 13.6. The maximum Gasteiger partial charge on any atom is 0.310 e. The number of rotatable bonds is 5. The number of carbonyl (C=O) groups excluding carboxylic acids is 1. The maximum atomic E-state index is 13.6. The Morgan fingerprint density at radius 3 is 2.76 bits per heavy atom. The summed E-state index contributed by atoms with van der Waals surface area (Å²) in [6, 6.07) is 13.9. The largest absolute Gasteiger partial charge is 0.460 e. The average molecular weight is 376 g/mol. The smallest absolute Gasteiger partial charge is 0.310 e. The fourth-order valence-electron chi connectivity index (χ4n) is 2.40. The lowest BCUT2D eigenvalue weighted by molar-refractivity contribution is -0.144. The Morgan fingerprint density at radius 1 is 1.20 bits per heavy atom. The zero-order valence-electron chi connectivity index (χ0n) is 13.5. The van der Waals surface area contributed by atoms with E-state index in [-0.39, 0.29) is 13.0 Å². The molecule has 2 aromatic carbocycles. The lowest BCUT2D eigenvalue weighted by Gasteiger charge is -2.09. The van der Waals surface area contributed by atoms with E-state index in [1.54, 1.807) is 30.0 Å². The molecule has 3 nitrogen and oxygen atoms in total. The summed E-state index contributed by atoms with van der Waals surface area (Å²) in [6.45, 7) is -0.000656. The van der Waals surface area contributed by atoms with Crippen LogP contribution in [0.5, 0.6) is 0 Å². The molecule has 0 saturated carbocycles. The van der Waals surface area contributed by atoms with Gasteiger partial charge in [0.25, 0.3) is 0 Å². The summed E-state index contributed by atoms with van der Waals surface area (Å²) in [5, 5.41) is 1.21. The van der Waals surface area contributed by atoms with Crippen molar-refractivity contribution in [3.63, 3.8) is 0 Å². The molecule has 3 aromatic rings. The van der Waals surface area contributed by atoms with Crippen LogP contribution in [0.4, 0.5) is 4.39 Å². The van der Waals surface area contributed by atoms with Gasteiger partial charge in [-0.15, -0.1) is 11.8 Å². The molecule has 0 amide bonds. The zero-order valence-corrected chi connectivity index (χ0v) is 15.0. The minimum absolute atomic E-state index is 0.000656. The molecule has 0 saturated heterocycles. The highest BCUT2D eigenvalue weighted by molar-refractivity contribution is 7.98. The molecule has 0 unspecified atom stereocenters. The topological polar surface area (TPSA) is 39.2 Å². The summed E-state index contributed by atoms with van der Waals surface area (Å²) in [6.07, 6.45) is 1.87. The molecule has 6 heteroatoms. The van der Waals surface area contributed by atoms with E-state index in [4.69, 9.17) is 16.3 Å². The number of esters is 1. The van der Waals surface area contributed by atoms with Crippen molar-refractivity contribution < 1.29 is 13.9 Å². The van der Waals surface area contributed by atoms with Crippen molar-refractivity contribution >= 4 is 40.2 Å². The van der Waals surface area contributed by atoms with Crippen LogP contribution in [0, 0.1) is 5.82 Å². The van der Waals surface area contributed by atoms with E-state index in [9.17, 15) is 9.18 Å². The SMILES string of the molecule is CSc1ccc2cc(COC(=O)Cc3ccccc3F)c(Cl)nc2c1. The number of hydrogen-bond donors (Lipinski definition) is 0. The molecule has 0 spiro atoms. The minimum atomic E-state index is -0.515. The number of halogens is 2. The van der Waals surface area contributed by atoms with E-state index >= 15 is 0 Å². The number of benzene rings is 2. The third-order valence-electron chi connectivity index (χ3n) is 3.73. The highest BCUT2D eigenvalue weighted by Gasteiger charge is 2.11. The van der Waals surface area contributed by atoms with Crippen LogP contribution >= 0.6 is 23.4 Å². The first-order valence-electron chi connectivity index (χ1n) is 7.59. The van der Waals surface area contributed by atoms with Gasteiger partial charge in [-0.05, 0) is 36.1 Å². The van der Waals surface area contributed by atoms with Crippen LogP contribution in [0.2, 0.25) is 5.15 Å². The second-order valence-corrected chi connectivity index (χ2v) is 6.66. The van der Waals surface area contributed by atoms with E-state index in [0.717, 1.165) is 15.8 Å². The van der Waals surface area contributed by atoms with Crippen molar-refractivity contribution in [1.29, 1.82) is 0 Å². The van der Waals surface area contributed by atoms with Crippen LogP contribution in [0.15, 0.2) is 53.4 Å². The second kappa shape index (κ2) is 7.85. The molecule has 0 atom stereocenters. The first-order valence-corrected chi connectivity index (χ1v) is 9.19. The Balaban J connectivity index is 1.71. The van der Waals surface area contributed by atoms with E-state index < -0.39 is 11.8 Å². The molecule has 0 radical (unpaired) electrons. The molecular weight excluding hydrogens is 361 g/mol. The van der Waals surface area contributed by atoms with Gasteiger partial charge in [0.1, 0.15) is 17.6 Å². The monoisotopic (exact) mass is 375 g/mol. The summed E-state index contributed by atoms with van der Waals surface area (Å²) < 4.78 is 18.8. The standard InChI is InChI=1S/C19H15ClFNO2S/c1-25-15-7-6-13-8-14(19(20)22-17(13)10-15)11-24-18(23)9-12-4-2-3-5-16(12)21/h2-8,10H,9,11H2,1H3. The quantitative estimate of drug-likeness (QED) is 0.356. The Hall–Kier alpha value is -2.11. The number of carbonyl (C=O) groups is 1. The molecule has 1 aromatic heterocycles. The molecule has 0 aliphatic rings. The van der Waals surface area contributed by atoms with Crippen molar-refractivity contribution in [2.24, 2.45) is 0 Å². The molecule has 3 rings (SSSR count). The van der Waals surface area contributed by atoms with Crippen molar-refractivity contribution in [3.8, 4) is 0 Å². The number of aromatic nitrogens is 1. The minimum Gasteiger partial charge on any atom is -0.460 e. The molecule has 0 N–H and O–H groups in total. The van der Waals surface area contributed by atoms with E-state index in [1.165, 1.54) is 6.07 Å². The van der Waals surface area contributed by atoms with E-state index in [0.29, 0.717) is 16.3 Å². The van der Waals surface area contributed by atoms with Gasteiger partial charge >= 0.3 is 5.97 Å². The normalized spacial score (nSPS) is 10.8. The molecule has 0 aliphatic heterocycles. The van der Waals surface area contributed by atoms with Gasteiger partial charge in [-0.2, -0.15) is 0 Å².